The van der Waals surface area contributed by atoms with Crippen LogP contribution in [-0.4, -0.2) is 37.4 Å². The molecule has 8 heteroatoms. The first kappa shape index (κ1) is 22.9. The molecule has 3 aromatic rings. The minimum absolute atomic E-state index is 0.0588. The number of nitrogens with two attached hydrogens (primary N) is 1. The number of anilines is 2. The third-order valence-corrected chi connectivity index (χ3v) is 6.12. The SMILES string of the molecule is CNc1ccc(-c2c(C#N)cc(N3CCC(N)CC3)nc2-c2ccc(C#N)c(F)c2)cc1C=N. The number of nitriles is 2. The molecule has 7 nitrogen and oxygen atoms in total. The molecular formula is C26H24FN7. The highest BCUT2D eigenvalue weighted by Crippen LogP contribution is 2.38. The second-order valence-electron chi connectivity index (χ2n) is 8.19. The number of aromatic nitrogens is 1. The predicted molar refractivity (Wildman–Crippen MR) is 131 cm³/mol. The van der Waals surface area contributed by atoms with E-state index in [1.165, 1.54) is 18.3 Å². The first-order valence-electron chi connectivity index (χ1n) is 11.0. The molecule has 34 heavy (non-hydrogen) atoms. The van der Waals surface area contributed by atoms with Crippen molar-refractivity contribution >= 4 is 17.7 Å². The Hall–Kier alpha value is -4.27. The van der Waals surface area contributed by atoms with E-state index in [9.17, 15) is 9.65 Å². The summed E-state index contributed by atoms with van der Waals surface area (Å²) in [5.74, 6) is -0.0163. The highest BCUT2D eigenvalue weighted by Gasteiger charge is 2.23. The summed E-state index contributed by atoms with van der Waals surface area (Å²) in [5.41, 5.74) is 9.97. The predicted octanol–water partition coefficient (Wildman–Crippen LogP) is 4.26. The van der Waals surface area contributed by atoms with Gasteiger partial charge in [-0.1, -0.05) is 12.1 Å². The van der Waals surface area contributed by atoms with Gasteiger partial charge in [-0.2, -0.15) is 10.5 Å². The molecule has 4 N–H and O–H groups in total. The lowest BCUT2D eigenvalue weighted by Crippen LogP contribution is -2.40. The van der Waals surface area contributed by atoms with Gasteiger partial charge < -0.3 is 21.4 Å². The van der Waals surface area contributed by atoms with Crippen LogP contribution in [0.5, 0.6) is 0 Å². The van der Waals surface area contributed by atoms with E-state index in [2.05, 4.69) is 16.3 Å². The van der Waals surface area contributed by atoms with Gasteiger partial charge in [-0.25, -0.2) is 9.37 Å². The average Bonchev–Trinajstić information content (AvgIpc) is 2.87. The van der Waals surface area contributed by atoms with E-state index in [1.54, 1.807) is 25.2 Å². The Morgan fingerprint density at radius 3 is 2.41 bits per heavy atom. The highest BCUT2D eigenvalue weighted by molar-refractivity contribution is 5.92. The second-order valence-corrected chi connectivity index (χ2v) is 8.19. The van der Waals surface area contributed by atoms with E-state index in [0.29, 0.717) is 52.4 Å². The van der Waals surface area contributed by atoms with E-state index in [4.69, 9.17) is 21.4 Å². The smallest absolute Gasteiger partial charge is 0.141 e. The van der Waals surface area contributed by atoms with Crippen LogP contribution in [0, 0.1) is 33.9 Å². The zero-order valence-electron chi connectivity index (χ0n) is 18.8. The number of hydrogen-bond acceptors (Lipinski definition) is 7. The number of pyridine rings is 1. The molecule has 1 saturated heterocycles. The van der Waals surface area contributed by atoms with Crippen LogP contribution in [0.25, 0.3) is 22.4 Å². The Morgan fingerprint density at radius 1 is 1.09 bits per heavy atom. The summed E-state index contributed by atoms with van der Waals surface area (Å²) in [6.07, 6.45) is 2.88. The van der Waals surface area contributed by atoms with Crippen molar-refractivity contribution in [2.45, 2.75) is 18.9 Å². The molecule has 0 spiro atoms. The van der Waals surface area contributed by atoms with Crippen LogP contribution >= 0.6 is 0 Å². The van der Waals surface area contributed by atoms with E-state index >= 15 is 0 Å². The van der Waals surface area contributed by atoms with E-state index < -0.39 is 5.82 Å². The summed E-state index contributed by atoms with van der Waals surface area (Å²) in [5, 5.41) is 30.1. The number of halogens is 1. The van der Waals surface area contributed by atoms with Crippen molar-refractivity contribution in [2.24, 2.45) is 5.73 Å². The fourth-order valence-corrected chi connectivity index (χ4v) is 4.23. The van der Waals surface area contributed by atoms with Gasteiger partial charge in [0.1, 0.15) is 17.7 Å². The molecule has 1 aromatic heterocycles. The molecule has 0 bridgehead atoms. The lowest BCUT2D eigenvalue weighted by atomic mass is 9.93. The molecule has 2 heterocycles. The molecule has 0 radical (unpaired) electrons. The first-order chi connectivity index (χ1) is 16.5. The zero-order chi connectivity index (χ0) is 24.2. The van der Waals surface area contributed by atoms with Gasteiger partial charge in [0.15, 0.2) is 0 Å². The third kappa shape index (κ3) is 4.32. The van der Waals surface area contributed by atoms with Gasteiger partial charge in [-0.05, 0) is 48.7 Å². The minimum Gasteiger partial charge on any atom is -0.388 e. The molecule has 0 saturated carbocycles. The van der Waals surface area contributed by atoms with Gasteiger partial charge in [0.2, 0.25) is 0 Å². The third-order valence-electron chi connectivity index (χ3n) is 6.12. The molecule has 0 amide bonds. The van der Waals surface area contributed by atoms with Crippen molar-refractivity contribution in [3.05, 3.63) is 65.0 Å². The van der Waals surface area contributed by atoms with Crippen LogP contribution in [0.15, 0.2) is 42.5 Å². The van der Waals surface area contributed by atoms with Crippen LogP contribution in [-0.2, 0) is 0 Å². The summed E-state index contributed by atoms with van der Waals surface area (Å²) in [4.78, 5) is 6.97. The van der Waals surface area contributed by atoms with Crippen molar-refractivity contribution in [3.63, 3.8) is 0 Å². The van der Waals surface area contributed by atoms with E-state index in [1.807, 2.05) is 18.2 Å². The fraction of sp³-hybridized carbons (Fsp3) is 0.231. The molecule has 0 atom stereocenters. The second kappa shape index (κ2) is 9.70. The normalized spacial score (nSPS) is 13.7. The maximum absolute atomic E-state index is 14.6. The number of nitrogens with zero attached hydrogens (tertiary/aromatic N) is 4. The number of benzene rings is 2. The van der Waals surface area contributed by atoms with Crippen LogP contribution in [0.1, 0.15) is 29.5 Å². The molecule has 1 aliphatic heterocycles. The summed E-state index contributed by atoms with van der Waals surface area (Å²) < 4.78 is 14.6. The maximum Gasteiger partial charge on any atom is 0.141 e. The molecule has 4 rings (SSSR count). The lowest BCUT2D eigenvalue weighted by molar-refractivity contribution is 0.499. The molecule has 2 aromatic carbocycles. The quantitative estimate of drug-likeness (QED) is 0.496. The number of piperidine rings is 1. The monoisotopic (exact) mass is 453 g/mol. The molecule has 1 aliphatic rings. The van der Waals surface area contributed by atoms with Crippen molar-refractivity contribution in [1.29, 1.82) is 15.9 Å². The Morgan fingerprint density at radius 2 is 1.79 bits per heavy atom. The van der Waals surface area contributed by atoms with Crippen molar-refractivity contribution in [3.8, 4) is 34.5 Å². The van der Waals surface area contributed by atoms with Crippen molar-refractivity contribution < 1.29 is 4.39 Å². The van der Waals surface area contributed by atoms with Gasteiger partial charge in [-0.3, -0.25) is 0 Å². The number of hydrogen-bond donors (Lipinski definition) is 3. The van der Waals surface area contributed by atoms with Crippen LogP contribution < -0.4 is 16.0 Å². The molecule has 0 aliphatic carbocycles. The summed E-state index contributed by atoms with van der Waals surface area (Å²) in [7, 11) is 1.77. The standard InChI is InChI=1S/C26H24FN7/c1-32-23-5-4-16(10-19(23)14-29)25-20(15-30)12-24(34-8-6-21(31)7-9-34)33-26(25)17-2-3-18(13-28)22(27)11-17/h2-5,10-12,14,21,29,32H,6-9,31H2,1H3. The Kier molecular flexibility index (Phi) is 6.53. The van der Waals surface area contributed by atoms with Crippen LogP contribution in [0.3, 0.4) is 0 Å². The minimum atomic E-state index is -0.647. The largest absolute Gasteiger partial charge is 0.388 e. The molecular weight excluding hydrogens is 429 g/mol. The Bertz CT molecular complexity index is 1330. The van der Waals surface area contributed by atoms with Gasteiger partial charge in [0.25, 0.3) is 0 Å². The number of nitrogens with one attached hydrogen (secondary N) is 2. The molecule has 170 valence electrons. The summed E-state index contributed by atoms with van der Waals surface area (Å²) in [6, 6.07) is 15.8. The van der Waals surface area contributed by atoms with Gasteiger partial charge in [0.05, 0.1) is 22.9 Å². The first-order valence-corrected chi connectivity index (χ1v) is 11.0. The van der Waals surface area contributed by atoms with Crippen molar-refractivity contribution in [2.75, 3.05) is 30.4 Å². The van der Waals surface area contributed by atoms with Crippen LogP contribution in [0.2, 0.25) is 0 Å². The highest BCUT2D eigenvalue weighted by atomic mass is 19.1. The lowest BCUT2D eigenvalue weighted by Gasteiger charge is -2.31. The van der Waals surface area contributed by atoms with Gasteiger partial charge in [-0.15, -0.1) is 0 Å². The van der Waals surface area contributed by atoms with E-state index in [-0.39, 0.29) is 11.6 Å². The van der Waals surface area contributed by atoms with Gasteiger partial charge in [0, 0.05) is 54.8 Å². The fourth-order valence-electron chi connectivity index (χ4n) is 4.23. The molecule has 0 unspecified atom stereocenters. The van der Waals surface area contributed by atoms with Crippen LogP contribution in [0.4, 0.5) is 15.9 Å². The molecule has 1 fully saturated rings. The topological polar surface area (TPSA) is 126 Å². The van der Waals surface area contributed by atoms with E-state index in [0.717, 1.165) is 18.5 Å². The number of rotatable bonds is 5. The van der Waals surface area contributed by atoms with Gasteiger partial charge >= 0.3 is 0 Å². The van der Waals surface area contributed by atoms with Crippen molar-refractivity contribution in [1.82, 2.24) is 4.98 Å². The maximum atomic E-state index is 14.6. The summed E-state index contributed by atoms with van der Waals surface area (Å²) >= 11 is 0. The zero-order valence-corrected chi connectivity index (χ0v) is 18.8. The summed E-state index contributed by atoms with van der Waals surface area (Å²) in [6.45, 7) is 1.43. The Balaban J connectivity index is 1.96. The average molecular weight is 454 g/mol. The Labute approximate surface area is 197 Å².